The van der Waals surface area contributed by atoms with Gasteiger partial charge in [0, 0.05) is 30.0 Å². The summed E-state index contributed by atoms with van der Waals surface area (Å²) in [6.07, 6.45) is 1.53. The zero-order chi connectivity index (χ0) is 19.7. The van der Waals surface area contributed by atoms with E-state index in [1.165, 1.54) is 17.5 Å². The molecule has 2 N–H and O–H groups in total. The highest BCUT2D eigenvalue weighted by atomic mass is 32.1. The predicted octanol–water partition coefficient (Wildman–Crippen LogP) is 3.84. The molecule has 7 nitrogen and oxygen atoms in total. The molecule has 2 amide bonds. The average molecular weight is 391 g/mol. The van der Waals surface area contributed by atoms with Crippen LogP contribution in [0.4, 0.5) is 11.4 Å². The number of carbonyl (C=O) groups excluding carboxylic acids is 2. The quantitative estimate of drug-likeness (QED) is 0.553. The van der Waals surface area contributed by atoms with E-state index >= 15 is 0 Å². The highest BCUT2D eigenvalue weighted by molar-refractivity contribution is 7.12. The first-order valence-corrected chi connectivity index (χ1v) is 9.45. The largest absolute Gasteiger partial charge is 0.322 e. The summed E-state index contributed by atoms with van der Waals surface area (Å²) in [5.74, 6) is -0.459. The standard InChI is InChI=1S/C20H17N5O2S/c1-12-16-9-13(11-21-18(16)25(2)24-12)19(26)22-14-5-3-6-15(10-14)23-20(27)17-7-4-8-28-17/h3-11H,1-2H3,(H,22,26)(H,23,27). The van der Waals surface area contributed by atoms with Crippen molar-refractivity contribution >= 4 is 45.6 Å². The molecule has 0 saturated heterocycles. The Labute approximate surface area is 165 Å². The maximum absolute atomic E-state index is 12.6. The van der Waals surface area contributed by atoms with Crippen LogP contribution < -0.4 is 10.6 Å². The maximum Gasteiger partial charge on any atom is 0.265 e. The molecule has 0 aliphatic rings. The van der Waals surface area contributed by atoms with Gasteiger partial charge in [-0.1, -0.05) is 12.1 Å². The molecular formula is C20H17N5O2S. The second-order valence-electron chi connectivity index (χ2n) is 6.27. The number of carbonyl (C=O) groups is 2. The minimum Gasteiger partial charge on any atom is -0.322 e. The second-order valence-corrected chi connectivity index (χ2v) is 7.22. The molecule has 3 aromatic heterocycles. The molecule has 0 bridgehead atoms. The molecule has 0 unspecified atom stereocenters. The monoisotopic (exact) mass is 391 g/mol. The van der Waals surface area contributed by atoms with Gasteiger partial charge in [-0.3, -0.25) is 14.3 Å². The Bertz CT molecular complexity index is 1180. The number of anilines is 2. The highest BCUT2D eigenvalue weighted by Crippen LogP contribution is 2.20. The lowest BCUT2D eigenvalue weighted by Crippen LogP contribution is -2.13. The van der Waals surface area contributed by atoms with Crippen molar-refractivity contribution in [2.45, 2.75) is 6.92 Å². The number of benzene rings is 1. The number of nitrogens with one attached hydrogen (secondary N) is 2. The molecule has 0 aliphatic carbocycles. The van der Waals surface area contributed by atoms with E-state index in [0.29, 0.717) is 21.8 Å². The van der Waals surface area contributed by atoms with Gasteiger partial charge in [-0.05, 0) is 42.6 Å². The van der Waals surface area contributed by atoms with Crippen molar-refractivity contribution in [3.63, 3.8) is 0 Å². The van der Waals surface area contributed by atoms with Crippen LogP contribution in [0, 0.1) is 6.92 Å². The van der Waals surface area contributed by atoms with E-state index in [4.69, 9.17) is 0 Å². The molecule has 1 aromatic carbocycles. The second kappa shape index (κ2) is 7.24. The van der Waals surface area contributed by atoms with Crippen molar-refractivity contribution in [2.24, 2.45) is 7.05 Å². The number of amides is 2. The van der Waals surface area contributed by atoms with E-state index in [1.54, 1.807) is 41.1 Å². The molecular weight excluding hydrogens is 374 g/mol. The minimum absolute atomic E-state index is 0.180. The van der Waals surface area contributed by atoms with Gasteiger partial charge in [0.15, 0.2) is 5.65 Å². The Morgan fingerprint density at radius 2 is 1.79 bits per heavy atom. The third-order valence-corrected chi connectivity index (χ3v) is 5.12. The van der Waals surface area contributed by atoms with Crippen molar-refractivity contribution in [3.05, 3.63) is 70.2 Å². The number of pyridine rings is 1. The molecule has 0 aliphatic heterocycles. The van der Waals surface area contributed by atoms with Gasteiger partial charge >= 0.3 is 0 Å². The van der Waals surface area contributed by atoms with Crippen molar-refractivity contribution < 1.29 is 9.59 Å². The number of hydrogen-bond acceptors (Lipinski definition) is 5. The Morgan fingerprint density at radius 1 is 1.04 bits per heavy atom. The van der Waals surface area contributed by atoms with E-state index < -0.39 is 0 Å². The lowest BCUT2D eigenvalue weighted by atomic mass is 10.2. The van der Waals surface area contributed by atoms with Crippen molar-refractivity contribution in [2.75, 3.05) is 10.6 Å². The average Bonchev–Trinajstić information content (AvgIpc) is 3.31. The topological polar surface area (TPSA) is 88.9 Å². The van der Waals surface area contributed by atoms with Crippen molar-refractivity contribution in [1.29, 1.82) is 0 Å². The van der Waals surface area contributed by atoms with Crippen LogP contribution in [0.5, 0.6) is 0 Å². The van der Waals surface area contributed by atoms with Gasteiger partial charge in [0.1, 0.15) is 0 Å². The molecule has 8 heteroatoms. The molecule has 4 aromatic rings. The maximum atomic E-state index is 12.6. The van der Waals surface area contributed by atoms with Gasteiger partial charge in [-0.15, -0.1) is 11.3 Å². The predicted molar refractivity (Wildman–Crippen MR) is 110 cm³/mol. The number of thiophene rings is 1. The number of nitrogens with zero attached hydrogens (tertiary/aromatic N) is 3. The third-order valence-electron chi connectivity index (χ3n) is 4.25. The number of fused-ring (bicyclic) bond motifs is 1. The summed E-state index contributed by atoms with van der Waals surface area (Å²) in [5.41, 5.74) is 3.17. The van der Waals surface area contributed by atoms with Crippen LogP contribution in [-0.4, -0.2) is 26.6 Å². The molecule has 3 heterocycles. The summed E-state index contributed by atoms with van der Waals surface area (Å²) < 4.78 is 1.69. The summed E-state index contributed by atoms with van der Waals surface area (Å²) >= 11 is 1.37. The molecule has 0 radical (unpaired) electrons. The Kier molecular flexibility index (Phi) is 4.62. The minimum atomic E-state index is -0.278. The number of hydrogen-bond donors (Lipinski definition) is 2. The van der Waals surface area contributed by atoms with E-state index in [1.807, 2.05) is 25.4 Å². The Balaban J connectivity index is 1.52. The Morgan fingerprint density at radius 3 is 2.50 bits per heavy atom. The molecule has 0 saturated carbocycles. The summed E-state index contributed by atoms with van der Waals surface area (Å²) in [5, 5.41) is 12.7. The summed E-state index contributed by atoms with van der Waals surface area (Å²) in [7, 11) is 1.82. The molecule has 0 fully saturated rings. The molecule has 28 heavy (non-hydrogen) atoms. The first kappa shape index (κ1) is 17.9. The first-order valence-electron chi connectivity index (χ1n) is 8.57. The summed E-state index contributed by atoms with van der Waals surface area (Å²) in [4.78, 5) is 29.8. The molecule has 0 spiro atoms. The van der Waals surface area contributed by atoms with Crippen LogP contribution >= 0.6 is 11.3 Å². The van der Waals surface area contributed by atoms with Crippen molar-refractivity contribution in [1.82, 2.24) is 14.8 Å². The third kappa shape index (κ3) is 3.49. The fourth-order valence-corrected chi connectivity index (χ4v) is 3.53. The van der Waals surface area contributed by atoms with E-state index in [9.17, 15) is 9.59 Å². The van der Waals surface area contributed by atoms with Crippen LogP contribution in [0.15, 0.2) is 54.0 Å². The fourth-order valence-electron chi connectivity index (χ4n) is 2.91. The number of rotatable bonds is 4. The first-order chi connectivity index (χ1) is 13.5. The van der Waals surface area contributed by atoms with Gasteiger partial charge < -0.3 is 10.6 Å². The summed E-state index contributed by atoms with van der Waals surface area (Å²) in [6.45, 7) is 1.88. The molecule has 140 valence electrons. The smallest absolute Gasteiger partial charge is 0.265 e. The van der Waals surface area contributed by atoms with Gasteiger partial charge in [0.2, 0.25) is 0 Å². The molecule has 0 atom stereocenters. The van der Waals surface area contributed by atoms with E-state index in [0.717, 1.165) is 16.7 Å². The van der Waals surface area contributed by atoms with Crippen LogP contribution in [0.3, 0.4) is 0 Å². The normalized spacial score (nSPS) is 10.8. The lowest BCUT2D eigenvalue weighted by molar-refractivity contribution is 0.102. The zero-order valence-corrected chi connectivity index (χ0v) is 16.1. The van der Waals surface area contributed by atoms with Gasteiger partial charge in [0.25, 0.3) is 11.8 Å². The fraction of sp³-hybridized carbons (Fsp3) is 0.100. The van der Waals surface area contributed by atoms with E-state index in [2.05, 4.69) is 20.7 Å². The van der Waals surface area contributed by atoms with Crippen LogP contribution in [0.1, 0.15) is 25.7 Å². The van der Waals surface area contributed by atoms with Gasteiger partial charge in [0.05, 0.1) is 16.1 Å². The van der Waals surface area contributed by atoms with Crippen LogP contribution in [0.25, 0.3) is 11.0 Å². The van der Waals surface area contributed by atoms with Gasteiger partial charge in [-0.25, -0.2) is 4.98 Å². The van der Waals surface area contributed by atoms with Gasteiger partial charge in [-0.2, -0.15) is 5.10 Å². The highest BCUT2D eigenvalue weighted by Gasteiger charge is 2.13. The van der Waals surface area contributed by atoms with Crippen LogP contribution in [0.2, 0.25) is 0 Å². The SMILES string of the molecule is Cc1nn(C)c2ncc(C(=O)Nc3cccc(NC(=O)c4cccs4)c3)cc12. The lowest BCUT2D eigenvalue weighted by Gasteiger charge is -2.08. The Hall–Kier alpha value is -3.52. The number of aromatic nitrogens is 3. The molecule has 4 rings (SSSR count). The van der Waals surface area contributed by atoms with Crippen molar-refractivity contribution in [3.8, 4) is 0 Å². The van der Waals surface area contributed by atoms with E-state index in [-0.39, 0.29) is 11.8 Å². The summed E-state index contributed by atoms with van der Waals surface area (Å²) in [6, 6.07) is 12.4. The zero-order valence-electron chi connectivity index (χ0n) is 15.3. The number of aryl methyl sites for hydroxylation is 2. The van der Waals surface area contributed by atoms with Crippen LogP contribution in [-0.2, 0) is 7.05 Å².